The van der Waals surface area contributed by atoms with Crippen molar-refractivity contribution < 1.29 is 8.42 Å². The smallest absolute Gasteiger partial charge is 0.218 e. The largest absolute Gasteiger partial charge is 0.326 e. The van der Waals surface area contributed by atoms with Gasteiger partial charge in [-0.15, -0.1) is 11.3 Å². The van der Waals surface area contributed by atoms with Gasteiger partial charge in [-0.25, -0.2) is 8.42 Å². The Balaban J connectivity index is 2.15. The quantitative estimate of drug-likeness (QED) is 0.851. The highest BCUT2D eigenvalue weighted by molar-refractivity contribution is 7.88. The van der Waals surface area contributed by atoms with Crippen LogP contribution in [0.3, 0.4) is 0 Å². The van der Waals surface area contributed by atoms with Crippen molar-refractivity contribution in [1.82, 2.24) is 4.31 Å². The Labute approximate surface area is 130 Å². The lowest BCUT2D eigenvalue weighted by Gasteiger charge is -2.20. The molecule has 0 amide bonds. The second-order valence-electron chi connectivity index (χ2n) is 4.79. The number of nitrogens with zero attached hydrogens (tertiary/aromatic N) is 1. The SMILES string of the molecule is CCN(Cc1cccs1)S(=O)(=O)Cc1cccc(CN)c1. The Morgan fingerprint density at radius 3 is 2.57 bits per heavy atom. The highest BCUT2D eigenvalue weighted by Gasteiger charge is 2.21. The Morgan fingerprint density at radius 1 is 1.19 bits per heavy atom. The molecule has 1 aromatic carbocycles. The topological polar surface area (TPSA) is 63.4 Å². The van der Waals surface area contributed by atoms with E-state index in [0.717, 1.165) is 16.0 Å². The molecule has 1 heterocycles. The van der Waals surface area contributed by atoms with Crippen LogP contribution in [-0.4, -0.2) is 19.3 Å². The molecule has 0 aliphatic carbocycles. The summed E-state index contributed by atoms with van der Waals surface area (Å²) in [5, 5.41) is 1.96. The number of sulfonamides is 1. The van der Waals surface area contributed by atoms with E-state index in [2.05, 4.69) is 0 Å². The van der Waals surface area contributed by atoms with Crippen LogP contribution in [0.25, 0.3) is 0 Å². The zero-order valence-electron chi connectivity index (χ0n) is 12.0. The average Bonchev–Trinajstić information content (AvgIpc) is 2.97. The average molecular weight is 324 g/mol. The third kappa shape index (κ3) is 4.38. The molecule has 0 atom stereocenters. The second kappa shape index (κ2) is 7.17. The van der Waals surface area contributed by atoms with Gasteiger partial charge in [-0.1, -0.05) is 37.3 Å². The first-order valence-corrected chi connectivity index (χ1v) is 9.32. The number of thiophene rings is 1. The molecule has 114 valence electrons. The number of hydrogen-bond acceptors (Lipinski definition) is 4. The first-order valence-electron chi connectivity index (χ1n) is 6.83. The minimum atomic E-state index is -3.33. The minimum Gasteiger partial charge on any atom is -0.326 e. The molecule has 2 rings (SSSR count). The van der Waals surface area contributed by atoms with E-state index >= 15 is 0 Å². The molecule has 0 bridgehead atoms. The second-order valence-corrected chi connectivity index (χ2v) is 7.79. The Morgan fingerprint density at radius 2 is 1.95 bits per heavy atom. The van der Waals surface area contributed by atoms with Crippen LogP contribution in [0.15, 0.2) is 41.8 Å². The van der Waals surface area contributed by atoms with Crippen molar-refractivity contribution in [2.24, 2.45) is 5.73 Å². The number of hydrogen-bond donors (Lipinski definition) is 1. The fourth-order valence-corrected chi connectivity index (χ4v) is 4.45. The van der Waals surface area contributed by atoms with Crippen molar-refractivity contribution in [1.29, 1.82) is 0 Å². The molecular formula is C15H20N2O2S2. The van der Waals surface area contributed by atoms with Gasteiger partial charge in [0, 0.05) is 24.5 Å². The third-order valence-corrected chi connectivity index (χ3v) is 5.97. The van der Waals surface area contributed by atoms with Crippen molar-refractivity contribution in [2.45, 2.75) is 25.8 Å². The first-order chi connectivity index (χ1) is 10.0. The van der Waals surface area contributed by atoms with Crippen LogP contribution in [0.1, 0.15) is 22.9 Å². The summed E-state index contributed by atoms with van der Waals surface area (Å²) in [6.45, 7) is 3.19. The van der Waals surface area contributed by atoms with Gasteiger partial charge in [0.25, 0.3) is 0 Å². The molecule has 4 nitrogen and oxygen atoms in total. The highest BCUT2D eigenvalue weighted by atomic mass is 32.2. The van der Waals surface area contributed by atoms with Crippen LogP contribution >= 0.6 is 11.3 Å². The summed E-state index contributed by atoms with van der Waals surface area (Å²) in [4.78, 5) is 1.05. The van der Waals surface area contributed by atoms with Gasteiger partial charge in [0.1, 0.15) is 0 Å². The van der Waals surface area contributed by atoms with E-state index in [9.17, 15) is 8.42 Å². The van der Waals surface area contributed by atoms with E-state index in [1.165, 1.54) is 4.31 Å². The Bertz CT molecular complexity index is 667. The van der Waals surface area contributed by atoms with Crippen LogP contribution in [0.5, 0.6) is 0 Å². The van der Waals surface area contributed by atoms with E-state index < -0.39 is 10.0 Å². The van der Waals surface area contributed by atoms with E-state index in [0.29, 0.717) is 19.6 Å². The summed E-state index contributed by atoms with van der Waals surface area (Å²) >= 11 is 1.57. The molecule has 21 heavy (non-hydrogen) atoms. The van der Waals surface area contributed by atoms with Crippen molar-refractivity contribution >= 4 is 21.4 Å². The predicted octanol–water partition coefficient (Wildman–Crippen LogP) is 2.56. The number of benzene rings is 1. The molecule has 0 radical (unpaired) electrons. The lowest BCUT2D eigenvalue weighted by Crippen LogP contribution is -2.31. The summed E-state index contributed by atoms with van der Waals surface area (Å²) in [6.07, 6.45) is 0. The molecule has 2 N–H and O–H groups in total. The molecule has 0 fully saturated rings. The molecule has 6 heteroatoms. The zero-order valence-corrected chi connectivity index (χ0v) is 13.7. The van der Waals surface area contributed by atoms with Gasteiger partial charge in [-0.2, -0.15) is 4.31 Å². The van der Waals surface area contributed by atoms with E-state index in [-0.39, 0.29) is 5.75 Å². The lowest BCUT2D eigenvalue weighted by molar-refractivity contribution is 0.425. The number of rotatable bonds is 7. The molecule has 0 aliphatic rings. The normalized spacial score (nSPS) is 12.0. The summed E-state index contributed by atoms with van der Waals surface area (Å²) in [7, 11) is -3.33. The summed E-state index contributed by atoms with van der Waals surface area (Å²) in [6, 6.07) is 11.3. The first kappa shape index (κ1) is 16.2. The van der Waals surface area contributed by atoms with Crippen molar-refractivity contribution in [3.05, 3.63) is 57.8 Å². The van der Waals surface area contributed by atoms with Gasteiger partial charge in [-0.05, 0) is 22.6 Å². The fourth-order valence-electron chi connectivity index (χ4n) is 2.13. The molecule has 0 aliphatic heterocycles. The fraction of sp³-hybridized carbons (Fsp3) is 0.333. The minimum absolute atomic E-state index is 0.0139. The van der Waals surface area contributed by atoms with Crippen LogP contribution in [0, 0.1) is 0 Å². The standard InChI is InChI=1S/C15H20N2O2S2/c1-2-17(11-15-7-4-8-20-15)21(18,19)12-14-6-3-5-13(9-14)10-16/h3-9H,2,10-12,16H2,1H3. The van der Waals surface area contributed by atoms with E-state index in [1.54, 1.807) is 11.3 Å². The third-order valence-electron chi connectivity index (χ3n) is 3.23. The molecule has 2 aromatic rings. The van der Waals surface area contributed by atoms with Crippen LogP contribution in [-0.2, 0) is 28.9 Å². The van der Waals surface area contributed by atoms with E-state index in [4.69, 9.17) is 5.73 Å². The van der Waals surface area contributed by atoms with Crippen LogP contribution in [0.4, 0.5) is 0 Å². The molecule has 0 saturated carbocycles. The monoisotopic (exact) mass is 324 g/mol. The molecule has 0 spiro atoms. The van der Waals surface area contributed by atoms with Gasteiger partial charge in [-0.3, -0.25) is 0 Å². The highest BCUT2D eigenvalue weighted by Crippen LogP contribution is 2.18. The van der Waals surface area contributed by atoms with Gasteiger partial charge < -0.3 is 5.73 Å². The van der Waals surface area contributed by atoms with Crippen molar-refractivity contribution in [3.8, 4) is 0 Å². The van der Waals surface area contributed by atoms with Gasteiger partial charge >= 0.3 is 0 Å². The lowest BCUT2D eigenvalue weighted by atomic mass is 10.1. The van der Waals surface area contributed by atoms with Gasteiger partial charge in [0.15, 0.2) is 0 Å². The maximum absolute atomic E-state index is 12.6. The summed E-state index contributed by atoms with van der Waals surface area (Å²) < 4.78 is 26.6. The summed E-state index contributed by atoms with van der Waals surface area (Å²) in [5.41, 5.74) is 7.33. The Hall–Kier alpha value is -1.21. The number of nitrogens with two attached hydrogens (primary N) is 1. The molecule has 0 unspecified atom stereocenters. The van der Waals surface area contributed by atoms with Gasteiger partial charge in [0.05, 0.1) is 5.75 Å². The zero-order chi connectivity index (χ0) is 15.3. The van der Waals surface area contributed by atoms with Crippen LogP contribution in [0.2, 0.25) is 0 Å². The van der Waals surface area contributed by atoms with Crippen LogP contribution < -0.4 is 5.73 Å². The molecular weight excluding hydrogens is 304 g/mol. The molecule has 0 saturated heterocycles. The molecule has 1 aromatic heterocycles. The Kier molecular flexibility index (Phi) is 5.52. The predicted molar refractivity (Wildman–Crippen MR) is 87.4 cm³/mol. The maximum atomic E-state index is 12.6. The maximum Gasteiger partial charge on any atom is 0.218 e. The van der Waals surface area contributed by atoms with E-state index in [1.807, 2.05) is 48.7 Å². The summed E-state index contributed by atoms with van der Waals surface area (Å²) in [5.74, 6) is 0.0139. The van der Waals surface area contributed by atoms with Crippen molar-refractivity contribution in [2.75, 3.05) is 6.54 Å². The van der Waals surface area contributed by atoms with Gasteiger partial charge in [0.2, 0.25) is 10.0 Å². The van der Waals surface area contributed by atoms with Crippen molar-refractivity contribution in [3.63, 3.8) is 0 Å².